The Morgan fingerprint density at radius 1 is 1.23 bits per heavy atom. The number of carbonyl (C=O) groups is 2. The molecule has 0 radical (unpaired) electrons. The number of rotatable bonds is 6. The number of H-pyrrole nitrogens is 1. The number of hydrogen-bond donors (Lipinski definition) is 3. The largest absolute Gasteiger partial charge is 0.478 e. The molecule has 13 heteroatoms. The first-order valence-electron chi connectivity index (χ1n) is 12.9. The van der Waals surface area contributed by atoms with Gasteiger partial charge in [-0.1, -0.05) is 0 Å². The Hall–Kier alpha value is -4.83. The molecule has 2 saturated heterocycles. The third kappa shape index (κ3) is 4.52. The number of amides is 2. The van der Waals surface area contributed by atoms with E-state index in [4.69, 9.17) is 5.11 Å². The second kappa shape index (κ2) is 10.0. The maximum absolute atomic E-state index is 14.2. The van der Waals surface area contributed by atoms with Crippen LogP contribution in [0.5, 0.6) is 0 Å². The van der Waals surface area contributed by atoms with Crippen molar-refractivity contribution in [2.24, 2.45) is 0 Å². The van der Waals surface area contributed by atoms with Crippen LogP contribution in [0.15, 0.2) is 49.2 Å². The third-order valence-corrected chi connectivity index (χ3v) is 7.82. The molecule has 4 aromatic rings. The molecule has 5 heterocycles. The van der Waals surface area contributed by atoms with Crippen LogP contribution in [0, 0.1) is 17.1 Å². The van der Waals surface area contributed by atoms with Gasteiger partial charge in [0.05, 0.1) is 35.6 Å². The van der Waals surface area contributed by atoms with Crippen LogP contribution in [-0.4, -0.2) is 83.9 Å². The van der Waals surface area contributed by atoms with Crippen molar-refractivity contribution in [3.8, 4) is 17.3 Å². The van der Waals surface area contributed by atoms with E-state index in [-0.39, 0.29) is 17.3 Å². The van der Waals surface area contributed by atoms with E-state index in [1.54, 1.807) is 11.1 Å². The summed E-state index contributed by atoms with van der Waals surface area (Å²) in [6, 6.07) is 7.47. The van der Waals surface area contributed by atoms with Gasteiger partial charge in [-0.05, 0) is 37.1 Å². The highest BCUT2D eigenvalue weighted by Gasteiger charge is 2.48. The van der Waals surface area contributed by atoms with Crippen LogP contribution in [0.1, 0.15) is 29.6 Å². The van der Waals surface area contributed by atoms with Gasteiger partial charge in [0, 0.05) is 55.6 Å². The molecular weight excluding hydrogens is 517 g/mol. The topological polar surface area (TPSA) is 156 Å². The van der Waals surface area contributed by atoms with E-state index < -0.39 is 23.4 Å². The quantitative estimate of drug-likeness (QED) is 0.335. The van der Waals surface area contributed by atoms with E-state index in [9.17, 15) is 19.2 Å². The Bertz CT molecular complexity index is 1630. The van der Waals surface area contributed by atoms with Gasteiger partial charge in [-0.2, -0.15) is 10.4 Å². The molecule has 2 amide bonds. The number of nitrogens with zero attached hydrogens (tertiary/aromatic N) is 7. The molecule has 2 aliphatic heterocycles. The number of aromatic nitrogens is 5. The van der Waals surface area contributed by atoms with Gasteiger partial charge in [-0.3, -0.25) is 9.58 Å². The number of aromatic amines is 1. The third-order valence-electron chi connectivity index (χ3n) is 7.82. The maximum atomic E-state index is 14.2. The zero-order chi connectivity index (χ0) is 27.9. The summed E-state index contributed by atoms with van der Waals surface area (Å²) in [6.45, 7) is 2.34. The van der Waals surface area contributed by atoms with Crippen molar-refractivity contribution in [2.45, 2.75) is 30.8 Å². The van der Waals surface area contributed by atoms with Crippen LogP contribution < -0.4 is 5.32 Å². The van der Waals surface area contributed by atoms with Crippen molar-refractivity contribution >= 4 is 28.7 Å². The molecule has 0 atom stereocenters. The number of urea groups is 1. The van der Waals surface area contributed by atoms with Crippen molar-refractivity contribution < 1.29 is 19.1 Å². The lowest BCUT2D eigenvalue weighted by Gasteiger charge is -2.53. The van der Waals surface area contributed by atoms with Gasteiger partial charge in [-0.15, -0.1) is 0 Å². The minimum atomic E-state index is -1.24. The highest BCUT2D eigenvalue weighted by molar-refractivity contribution is 5.92. The molecule has 204 valence electrons. The molecule has 2 fully saturated rings. The van der Waals surface area contributed by atoms with Gasteiger partial charge >= 0.3 is 12.0 Å². The second-order valence-corrected chi connectivity index (χ2v) is 10.2. The van der Waals surface area contributed by atoms with Crippen LogP contribution >= 0.6 is 0 Å². The summed E-state index contributed by atoms with van der Waals surface area (Å²) in [5, 5.41) is 26.7. The first kappa shape index (κ1) is 25.4. The number of nitriles is 1. The van der Waals surface area contributed by atoms with E-state index >= 15 is 0 Å². The number of halogens is 1. The monoisotopic (exact) mass is 543 g/mol. The van der Waals surface area contributed by atoms with Gasteiger partial charge in [0.15, 0.2) is 0 Å². The summed E-state index contributed by atoms with van der Waals surface area (Å²) in [6.07, 6.45) is 8.85. The van der Waals surface area contributed by atoms with Crippen molar-refractivity contribution in [2.75, 3.05) is 31.5 Å². The van der Waals surface area contributed by atoms with E-state index in [0.29, 0.717) is 32.6 Å². The number of likely N-dealkylation sites (tertiary alicyclic amines) is 2. The lowest BCUT2D eigenvalue weighted by Crippen LogP contribution is -2.66. The number of anilines is 1. The molecule has 12 nitrogen and oxygen atoms in total. The predicted octanol–water partition coefficient (Wildman–Crippen LogP) is 3.28. The molecule has 0 bridgehead atoms. The van der Waals surface area contributed by atoms with Gasteiger partial charge in [0.2, 0.25) is 0 Å². The SMILES string of the molecule is N#CCC1(n2cc(-c3ncnc4[nH]ccc34)cn2)CN(C2CCN(C(=O)Nc3ccc(C(=O)O)cc3F)CC2)C1. The molecule has 2 aliphatic rings. The molecule has 0 spiro atoms. The van der Waals surface area contributed by atoms with Gasteiger partial charge in [0.1, 0.15) is 23.3 Å². The highest BCUT2D eigenvalue weighted by atomic mass is 19.1. The summed E-state index contributed by atoms with van der Waals surface area (Å²) in [5.74, 6) is -2.03. The molecule has 40 heavy (non-hydrogen) atoms. The average Bonchev–Trinajstić information content (AvgIpc) is 3.62. The molecule has 1 aromatic carbocycles. The van der Waals surface area contributed by atoms with Crippen LogP contribution in [0.3, 0.4) is 0 Å². The molecule has 6 rings (SSSR count). The smallest absolute Gasteiger partial charge is 0.335 e. The molecule has 0 unspecified atom stereocenters. The Labute approximate surface area is 228 Å². The number of carboxylic acid groups (broad SMARTS) is 1. The Morgan fingerprint density at radius 2 is 2.02 bits per heavy atom. The number of aromatic carboxylic acids is 1. The fourth-order valence-corrected chi connectivity index (χ4v) is 5.64. The Balaban J connectivity index is 1.07. The normalized spacial score (nSPS) is 17.4. The van der Waals surface area contributed by atoms with Gasteiger partial charge < -0.3 is 20.3 Å². The van der Waals surface area contributed by atoms with Crippen molar-refractivity contribution in [3.05, 3.63) is 60.6 Å². The zero-order valence-corrected chi connectivity index (χ0v) is 21.4. The van der Waals surface area contributed by atoms with E-state index in [0.717, 1.165) is 41.2 Å². The van der Waals surface area contributed by atoms with E-state index in [2.05, 4.69) is 36.3 Å². The molecule has 0 aliphatic carbocycles. The van der Waals surface area contributed by atoms with Crippen LogP contribution in [0.2, 0.25) is 0 Å². The number of carboxylic acids is 1. The maximum Gasteiger partial charge on any atom is 0.335 e. The fraction of sp³-hybridized carbons (Fsp3) is 0.333. The first-order valence-corrected chi connectivity index (χ1v) is 12.9. The fourth-order valence-electron chi connectivity index (χ4n) is 5.64. The van der Waals surface area contributed by atoms with Crippen molar-refractivity contribution in [1.82, 2.24) is 34.5 Å². The first-order chi connectivity index (χ1) is 19.4. The minimum absolute atomic E-state index is 0.0565. The predicted molar refractivity (Wildman–Crippen MR) is 142 cm³/mol. The van der Waals surface area contributed by atoms with Crippen LogP contribution in [-0.2, 0) is 5.54 Å². The Morgan fingerprint density at radius 3 is 2.75 bits per heavy atom. The molecular formula is C27H26FN9O3. The molecule has 3 aromatic heterocycles. The highest BCUT2D eigenvalue weighted by Crippen LogP contribution is 2.37. The minimum Gasteiger partial charge on any atom is -0.478 e. The second-order valence-electron chi connectivity index (χ2n) is 10.2. The average molecular weight is 544 g/mol. The summed E-state index contributed by atoms with van der Waals surface area (Å²) < 4.78 is 16.1. The van der Waals surface area contributed by atoms with Crippen molar-refractivity contribution in [1.29, 1.82) is 5.26 Å². The Kier molecular flexibility index (Phi) is 6.39. The standard InChI is InChI=1S/C27H26FN9O3/c28-21-11-17(25(38)39)1-2-22(21)34-26(40)35-9-4-19(5-10-35)36-14-27(15-36,6-7-29)37-13-18(12-33-37)23-20-3-8-30-24(20)32-16-31-23/h1-3,8,11-13,16,19H,4-6,9-10,14-15H2,(H,34,40)(H,38,39)(H,30,31,32). The van der Waals surface area contributed by atoms with Gasteiger partial charge in [-0.25, -0.2) is 23.9 Å². The molecule has 3 N–H and O–H groups in total. The number of benzene rings is 1. The summed E-state index contributed by atoms with van der Waals surface area (Å²) in [5.41, 5.74) is 1.71. The van der Waals surface area contributed by atoms with E-state index in [1.807, 2.05) is 23.1 Å². The number of hydrogen-bond acceptors (Lipinski definition) is 7. The van der Waals surface area contributed by atoms with Crippen LogP contribution in [0.4, 0.5) is 14.9 Å². The summed E-state index contributed by atoms with van der Waals surface area (Å²) in [4.78, 5) is 39.5. The lowest BCUT2D eigenvalue weighted by molar-refractivity contribution is -0.0399. The number of piperidine rings is 1. The van der Waals surface area contributed by atoms with Crippen molar-refractivity contribution in [3.63, 3.8) is 0 Å². The van der Waals surface area contributed by atoms with E-state index in [1.165, 1.54) is 18.5 Å². The lowest BCUT2D eigenvalue weighted by atomic mass is 9.84. The summed E-state index contributed by atoms with van der Waals surface area (Å²) in [7, 11) is 0. The number of fused-ring (bicyclic) bond motifs is 1. The zero-order valence-electron chi connectivity index (χ0n) is 21.4. The van der Waals surface area contributed by atoms with Crippen LogP contribution in [0.25, 0.3) is 22.3 Å². The summed E-state index contributed by atoms with van der Waals surface area (Å²) >= 11 is 0. The number of carbonyl (C=O) groups excluding carboxylic acids is 1. The van der Waals surface area contributed by atoms with Gasteiger partial charge in [0.25, 0.3) is 0 Å². The number of nitrogens with one attached hydrogen (secondary N) is 2. The molecule has 0 saturated carbocycles.